The lowest BCUT2D eigenvalue weighted by molar-refractivity contribution is -0.153. The van der Waals surface area contributed by atoms with E-state index in [-0.39, 0.29) is 12.0 Å². The second kappa shape index (κ2) is 4.77. The van der Waals surface area contributed by atoms with Crippen molar-refractivity contribution in [3.63, 3.8) is 0 Å². The fourth-order valence-corrected chi connectivity index (χ4v) is 2.97. The average Bonchev–Trinajstić information content (AvgIpc) is 2.71. The van der Waals surface area contributed by atoms with Crippen LogP contribution in [0.15, 0.2) is 60.7 Å². The third-order valence-electron chi connectivity index (χ3n) is 4.16. The van der Waals surface area contributed by atoms with Crippen LogP contribution >= 0.6 is 0 Å². The van der Waals surface area contributed by atoms with Crippen LogP contribution in [-0.4, -0.2) is 27.2 Å². The summed E-state index contributed by atoms with van der Waals surface area (Å²) in [6.45, 7) is 0. The minimum Gasteiger partial charge on any atom is -0.389 e. The molecule has 0 bridgehead atoms. The van der Waals surface area contributed by atoms with E-state index in [4.69, 9.17) is 0 Å². The van der Waals surface area contributed by atoms with Crippen molar-refractivity contribution in [3.05, 3.63) is 71.8 Å². The maximum Gasteiger partial charge on any atom is 0.207 e. The number of hydrogen-bond acceptors (Lipinski definition) is 4. The zero-order valence-corrected chi connectivity index (χ0v) is 11.3. The minimum absolute atomic E-state index is 0.235. The predicted octanol–water partition coefficient (Wildman–Crippen LogP) is 1.10. The number of rotatable bonds is 2. The molecule has 3 rings (SSSR count). The Morgan fingerprint density at radius 1 is 0.857 bits per heavy atom. The molecule has 2 aromatic carbocycles. The Hall–Kier alpha value is -2.01. The number of hydrogen-bond donors (Lipinski definition) is 3. The fourth-order valence-electron chi connectivity index (χ4n) is 2.97. The van der Waals surface area contributed by atoms with Crippen molar-refractivity contribution in [2.45, 2.75) is 23.7 Å². The van der Waals surface area contributed by atoms with Gasteiger partial charge < -0.3 is 15.3 Å². The third-order valence-corrected chi connectivity index (χ3v) is 4.16. The second-order valence-electron chi connectivity index (χ2n) is 5.41. The summed E-state index contributed by atoms with van der Waals surface area (Å²) in [7, 11) is 0. The minimum atomic E-state index is -2.09. The summed E-state index contributed by atoms with van der Waals surface area (Å²) in [6.07, 6.45) is -1.60. The maximum atomic E-state index is 12.7. The number of aliphatic hydroxyl groups is 3. The van der Waals surface area contributed by atoms with Gasteiger partial charge in [0.25, 0.3) is 0 Å². The van der Waals surface area contributed by atoms with Gasteiger partial charge in [0.1, 0.15) is 0 Å². The molecule has 4 heteroatoms. The summed E-state index contributed by atoms with van der Waals surface area (Å²) >= 11 is 0. The predicted molar refractivity (Wildman–Crippen MR) is 76.3 cm³/mol. The van der Waals surface area contributed by atoms with Crippen LogP contribution in [0.5, 0.6) is 0 Å². The van der Waals surface area contributed by atoms with Crippen molar-refractivity contribution in [1.29, 1.82) is 0 Å². The molecule has 3 atom stereocenters. The van der Waals surface area contributed by atoms with Crippen LogP contribution in [0.25, 0.3) is 0 Å². The Balaban J connectivity index is 2.10. The van der Waals surface area contributed by atoms with Crippen molar-refractivity contribution in [2.75, 3.05) is 0 Å². The van der Waals surface area contributed by atoms with Gasteiger partial charge >= 0.3 is 0 Å². The van der Waals surface area contributed by atoms with Gasteiger partial charge in [-0.05, 0) is 11.1 Å². The first-order valence-corrected chi connectivity index (χ1v) is 6.78. The largest absolute Gasteiger partial charge is 0.389 e. The highest BCUT2D eigenvalue weighted by Crippen LogP contribution is 2.46. The molecule has 0 amide bonds. The molecule has 0 heterocycles. The lowest BCUT2D eigenvalue weighted by Gasteiger charge is -2.27. The van der Waals surface area contributed by atoms with Gasteiger partial charge in [0.15, 0.2) is 11.2 Å². The van der Waals surface area contributed by atoms with Crippen molar-refractivity contribution >= 4 is 5.78 Å². The lowest BCUT2D eigenvalue weighted by Crippen LogP contribution is -2.44. The molecule has 4 nitrogen and oxygen atoms in total. The molecular formula is C17H16O4. The monoisotopic (exact) mass is 284 g/mol. The smallest absolute Gasteiger partial charge is 0.207 e. The van der Waals surface area contributed by atoms with E-state index in [1.165, 1.54) is 0 Å². The van der Waals surface area contributed by atoms with E-state index in [1.54, 1.807) is 60.7 Å². The highest BCUT2D eigenvalue weighted by atomic mass is 16.4. The molecule has 0 saturated heterocycles. The number of carbonyl (C=O) groups is 1. The van der Waals surface area contributed by atoms with Crippen molar-refractivity contribution < 1.29 is 20.1 Å². The van der Waals surface area contributed by atoms with E-state index in [2.05, 4.69) is 0 Å². The van der Waals surface area contributed by atoms with Crippen LogP contribution in [0.4, 0.5) is 0 Å². The van der Waals surface area contributed by atoms with Gasteiger partial charge in [-0.2, -0.15) is 0 Å². The van der Waals surface area contributed by atoms with Crippen LogP contribution < -0.4 is 0 Å². The summed E-state index contributed by atoms with van der Waals surface area (Å²) in [6, 6.07) is 16.6. The Bertz CT molecular complexity index is 655. The van der Waals surface area contributed by atoms with E-state index in [0.717, 1.165) is 0 Å². The molecule has 108 valence electrons. The molecule has 3 N–H and O–H groups in total. The van der Waals surface area contributed by atoms with E-state index < -0.39 is 23.1 Å². The summed E-state index contributed by atoms with van der Waals surface area (Å²) in [5, 5.41) is 31.7. The van der Waals surface area contributed by atoms with Crippen molar-refractivity contribution in [1.82, 2.24) is 0 Å². The summed E-state index contributed by atoms with van der Waals surface area (Å²) in [5.74, 6) is -0.792. The zero-order valence-electron chi connectivity index (χ0n) is 11.3. The SMILES string of the molecule is O=C1[C@](O)(c2ccccc2)C[C@@H](O)[C@@]1(O)c1ccccc1. The molecule has 0 spiro atoms. The highest BCUT2D eigenvalue weighted by Gasteiger charge is 2.62. The normalized spacial score (nSPS) is 32.3. The van der Waals surface area contributed by atoms with Crippen LogP contribution in [0.3, 0.4) is 0 Å². The van der Waals surface area contributed by atoms with Gasteiger partial charge in [0.2, 0.25) is 5.78 Å². The number of benzene rings is 2. The molecule has 1 aliphatic rings. The fraction of sp³-hybridized carbons (Fsp3) is 0.235. The number of ketones is 1. The molecule has 1 fully saturated rings. The first-order chi connectivity index (χ1) is 9.99. The van der Waals surface area contributed by atoms with Gasteiger partial charge in [-0.3, -0.25) is 4.79 Å². The summed E-state index contributed by atoms with van der Waals surface area (Å²) in [4.78, 5) is 12.7. The van der Waals surface area contributed by atoms with Crippen LogP contribution in [0.2, 0.25) is 0 Å². The Morgan fingerprint density at radius 2 is 1.33 bits per heavy atom. The van der Waals surface area contributed by atoms with Crippen LogP contribution in [0, 0.1) is 0 Å². The molecule has 0 radical (unpaired) electrons. The van der Waals surface area contributed by atoms with E-state index in [1.807, 2.05) is 0 Å². The first kappa shape index (κ1) is 13.9. The first-order valence-electron chi connectivity index (χ1n) is 6.78. The standard InChI is InChI=1S/C17H16O4/c18-14-11-16(20,12-7-3-1-4-8-12)15(19)17(14,21)13-9-5-2-6-10-13/h1-10,14,18,20-21H,11H2/t14-,16-,17+/m1/s1. The van der Waals surface area contributed by atoms with Gasteiger partial charge in [0.05, 0.1) is 6.10 Å². The van der Waals surface area contributed by atoms with E-state index >= 15 is 0 Å². The highest BCUT2D eigenvalue weighted by molar-refractivity contribution is 5.99. The van der Waals surface area contributed by atoms with Gasteiger partial charge in [-0.25, -0.2) is 0 Å². The van der Waals surface area contributed by atoms with E-state index in [9.17, 15) is 20.1 Å². The maximum absolute atomic E-state index is 12.7. The topological polar surface area (TPSA) is 77.8 Å². The van der Waals surface area contributed by atoms with Gasteiger partial charge in [-0.1, -0.05) is 60.7 Å². The van der Waals surface area contributed by atoms with Crippen molar-refractivity contribution in [3.8, 4) is 0 Å². The number of Topliss-reactive ketones (excluding diaryl/α,β-unsaturated/α-hetero) is 1. The molecule has 1 aliphatic carbocycles. The van der Waals surface area contributed by atoms with Crippen molar-refractivity contribution in [2.24, 2.45) is 0 Å². The second-order valence-corrected chi connectivity index (χ2v) is 5.41. The molecule has 21 heavy (non-hydrogen) atoms. The Morgan fingerprint density at radius 3 is 1.86 bits per heavy atom. The Kier molecular flexibility index (Phi) is 3.17. The molecule has 1 saturated carbocycles. The lowest BCUT2D eigenvalue weighted by atomic mass is 9.85. The van der Waals surface area contributed by atoms with E-state index in [0.29, 0.717) is 5.56 Å². The Labute approximate surface area is 122 Å². The summed E-state index contributed by atoms with van der Waals surface area (Å²) in [5.41, 5.74) is -3.31. The zero-order chi connectivity index (χ0) is 15.1. The number of aliphatic hydroxyl groups excluding tert-OH is 1. The molecule has 0 unspecified atom stereocenters. The van der Waals surface area contributed by atoms with Crippen LogP contribution in [0.1, 0.15) is 17.5 Å². The quantitative estimate of drug-likeness (QED) is 0.771. The molecule has 0 aromatic heterocycles. The van der Waals surface area contributed by atoms with Gasteiger partial charge in [0, 0.05) is 6.42 Å². The number of carbonyl (C=O) groups excluding carboxylic acids is 1. The van der Waals surface area contributed by atoms with Crippen LogP contribution in [-0.2, 0) is 16.0 Å². The molecule has 0 aliphatic heterocycles. The molecule has 2 aromatic rings. The summed E-state index contributed by atoms with van der Waals surface area (Å²) < 4.78 is 0. The third kappa shape index (κ3) is 1.92. The molecular weight excluding hydrogens is 268 g/mol. The average molecular weight is 284 g/mol. The van der Waals surface area contributed by atoms with Gasteiger partial charge in [-0.15, -0.1) is 0 Å².